The van der Waals surface area contributed by atoms with Crippen LogP contribution in [0.2, 0.25) is 0 Å². The number of nitrogens with zero attached hydrogens (tertiary/aromatic N) is 2. The fourth-order valence-electron chi connectivity index (χ4n) is 1.68. The van der Waals surface area contributed by atoms with Gasteiger partial charge < -0.3 is 5.32 Å². The Kier molecular flexibility index (Phi) is 4.01. The van der Waals surface area contributed by atoms with E-state index in [1.165, 1.54) is 12.8 Å². The van der Waals surface area contributed by atoms with E-state index < -0.39 is 14.6 Å². The van der Waals surface area contributed by atoms with E-state index in [0.717, 1.165) is 12.2 Å². The molecule has 0 aliphatic heterocycles. The third kappa shape index (κ3) is 4.04. The normalized spacial score (nSPS) is 16.8. The summed E-state index contributed by atoms with van der Waals surface area (Å²) in [7, 11) is -3.08. The summed E-state index contributed by atoms with van der Waals surface area (Å²) in [5, 5.41) is 7.77. The fourth-order valence-corrected chi connectivity index (χ4v) is 2.72. The van der Waals surface area contributed by atoms with E-state index in [2.05, 4.69) is 10.4 Å². The average molecular weight is 285 g/mol. The van der Waals surface area contributed by atoms with Gasteiger partial charge in [0.25, 0.3) is 0 Å². The van der Waals surface area contributed by atoms with Crippen molar-refractivity contribution in [2.24, 2.45) is 0 Å². The van der Waals surface area contributed by atoms with E-state index in [-0.39, 0.29) is 5.75 Å². The molecule has 0 spiro atoms. The largest absolute Gasteiger partial charge is 0.308 e. The first-order valence-corrected chi connectivity index (χ1v) is 8.41. The summed E-state index contributed by atoms with van der Waals surface area (Å²) in [4.78, 5) is 0. The van der Waals surface area contributed by atoms with Gasteiger partial charge in [-0.25, -0.2) is 8.42 Å². The van der Waals surface area contributed by atoms with Gasteiger partial charge in [-0.05, 0) is 39.7 Å². The SMILES string of the molecule is CC(C)(C)S(=O)(=O)CCn1ccc(CNC2CC2)n1. The van der Waals surface area contributed by atoms with E-state index in [1.54, 1.807) is 25.5 Å². The summed E-state index contributed by atoms with van der Waals surface area (Å²) < 4.78 is 25.0. The Hall–Kier alpha value is -0.880. The first kappa shape index (κ1) is 14.5. The molecule has 0 aromatic carbocycles. The summed E-state index contributed by atoms with van der Waals surface area (Å²) in [6.07, 6.45) is 4.36. The molecule has 1 saturated carbocycles. The highest BCUT2D eigenvalue weighted by Gasteiger charge is 2.28. The highest BCUT2D eigenvalue weighted by atomic mass is 32.2. The molecule has 1 aliphatic rings. The number of aryl methyl sites for hydroxylation is 1. The lowest BCUT2D eigenvalue weighted by atomic mass is 10.3. The van der Waals surface area contributed by atoms with Crippen LogP contribution < -0.4 is 5.32 Å². The van der Waals surface area contributed by atoms with Gasteiger partial charge >= 0.3 is 0 Å². The van der Waals surface area contributed by atoms with Crippen molar-refractivity contribution < 1.29 is 8.42 Å². The van der Waals surface area contributed by atoms with Crippen molar-refractivity contribution in [1.82, 2.24) is 15.1 Å². The minimum Gasteiger partial charge on any atom is -0.308 e. The van der Waals surface area contributed by atoms with Crippen LogP contribution in [0.5, 0.6) is 0 Å². The first-order valence-electron chi connectivity index (χ1n) is 6.76. The lowest BCUT2D eigenvalue weighted by Crippen LogP contribution is -2.32. The molecular weight excluding hydrogens is 262 g/mol. The molecule has 1 heterocycles. The Morgan fingerprint density at radius 1 is 1.42 bits per heavy atom. The highest BCUT2D eigenvalue weighted by molar-refractivity contribution is 7.92. The number of hydrogen-bond acceptors (Lipinski definition) is 4. The third-order valence-corrected chi connectivity index (χ3v) is 5.95. The van der Waals surface area contributed by atoms with Gasteiger partial charge in [-0.3, -0.25) is 4.68 Å². The lowest BCUT2D eigenvalue weighted by Gasteiger charge is -2.18. The maximum Gasteiger partial charge on any atom is 0.157 e. The summed E-state index contributed by atoms with van der Waals surface area (Å²) >= 11 is 0. The molecule has 1 aromatic heterocycles. The molecule has 0 radical (unpaired) electrons. The zero-order chi connectivity index (χ0) is 14.1. The van der Waals surface area contributed by atoms with Crippen molar-refractivity contribution in [3.05, 3.63) is 18.0 Å². The van der Waals surface area contributed by atoms with Crippen molar-refractivity contribution in [3.63, 3.8) is 0 Å². The van der Waals surface area contributed by atoms with Crippen LogP contribution in [0.1, 0.15) is 39.3 Å². The van der Waals surface area contributed by atoms with Gasteiger partial charge in [-0.15, -0.1) is 0 Å². The van der Waals surface area contributed by atoms with E-state index in [4.69, 9.17) is 0 Å². The quantitative estimate of drug-likeness (QED) is 0.857. The maximum absolute atomic E-state index is 12.0. The van der Waals surface area contributed by atoms with E-state index in [9.17, 15) is 8.42 Å². The van der Waals surface area contributed by atoms with Gasteiger partial charge in [0.05, 0.1) is 22.7 Å². The van der Waals surface area contributed by atoms with Crippen LogP contribution in [0.15, 0.2) is 12.3 Å². The summed E-state index contributed by atoms with van der Waals surface area (Å²) in [6.45, 7) is 6.38. The van der Waals surface area contributed by atoms with Crippen molar-refractivity contribution in [2.75, 3.05) is 5.75 Å². The molecule has 6 heteroatoms. The van der Waals surface area contributed by atoms with Crippen LogP contribution in [-0.4, -0.2) is 34.7 Å². The molecule has 0 bridgehead atoms. The molecule has 0 atom stereocenters. The Bertz CT molecular complexity index is 524. The second-order valence-corrected chi connectivity index (χ2v) is 9.02. The van der Waals surface area contributed by atoms with Gasteiger partial charge in [0.2, 0.25) is 0 Å². The molecule has 0 amide bonds. The minimum atomic E-state index is -3.08. The van der Waals surface area contributed by atoms with E-state index in [1.807, 2.05) is 12.3 Å². The summed E-state index contributed by atoms with van der Waals surface area (Å²) in [5.74, 6) is 0.133. The molecule has 0 saturated heterocycles. The van der Waals surface area contributed by atoms with Gasteiger partial charge in [-0.2, -0.15) is 5.10 Å². The highest BCUT2D eigenvalue weighted by Crippen LogP contribution is 2.19. The maximum atomic E-state index is 12.0. The first-order chi connectivity index (χ1) is 8.78. The van der Waals surface area contributed by atoms with Gasteiger partial charge in [-0.1, -0.05) is 0 Å². The molecule has 1 aromatic rings. The molecule has 19 heavy (non-hydrogen) atoms. The van der Waals surface area contributed by atoms with Crippen LogP contribution in [-0.2, 0) is 22.9 Å². The van der Waals surface area contributed by atoms with Crippen molar-refractivity contribution in [3.8, 4) is 0 Å². The Morgan fingerprint density at radius 2 is 2.11 bits per heavy atom. The number of nitrogens with one attached hydrogen (secondary N) is 1. The number of sulfone groups is 1. The molecule has 5 nitrogen and oxygen atoms in total. The van der Waals surface area contributed by atoms with Crippen LogP contribution in [0.3, 0.4) is 0 Å². The second-order valence-electron chi connectivity index (χ2n) is 6.16. The van der Waals surface area contributed by atoms with Gasteiger partial charge in [0, 0.05) is 18.8 Å². The zero-order valence-corrected chi connectivity index (χ0v) is 12.7. The molecule has 2 rings (SSSR count). The second kappa shape index (κ2) is 5.25. The molecule has 1 N–H and O–H groups in total. The van der Waals surface area contributed by atoms with E-state index >= 15 is 0 Å². The smallest absolute Gasteiger partial charge is 0.157 e. The van der Waals surface area contributed by atoms with Crippen molar-refractivity contribution in [2.45, 2.75) is 57.5 Å². The fraction of sp³-hybridized carbons (Fsp3) is 0.769. The molecule has 108 valence electrons. The summed E-state index contributed by atoms with van der Waals surface area (Å²) in [6, 6.07) is 2.60. The predicted octanol–water partition coefficient (Wildman–Crippen LogP) is 1.35. The number of aromatic nitrogens is 2. The van der Waals surface area contributed by atoms with Crippen LogP contribution in [0.25, 0.3) is 0 Å². The van der Waals surface area contributed by atoms with Crippen LogP contribution >= 0.6 is 0 Å². The lowest BCUT2D eigenvalue weighted by molar-refractivity contribution is 0.546. The molecule has 1 fully saturated rings. The molecule has 0 unspecified atom stereocenters. The number of rotatable bonds is 6. The molecule has 1 aliphatic carbocycles. The monoisotopic (exact) mass is 285 g/mol. The topological polar surface area (TPSA) is 64.0 Å². The van der Waals surface area contributed by atoms with Gasteiger partial charge in [0.15, 0.2) is 9.84 Å². The average Bonchev–Trinajstić information content (AvgIpc) is 3.01. The van der Waals surface area contributed by atoms with E-state index in [0.29, 0.717) is 12.6 Å². The van der Waals surface area contributed by atoms with Crippen LogP contribution in [0, 0.1) is 0 Å². The Balaban J connectivity index is 1.85. The predicted molar refractivity (Wildman–Crippen MR) is 75.6 cm³/mol. The molecular formula is C13H23N3O2S. The zero-order valence-electron chi connectivity index (χ0n) is 11.9. The standard InChI is InChI=1S/C13H23N3O2S/c1-13(2,3)19(17,18)9-8-16-7-6-12(15-16)10-14-11-4-5-11/h6-7,11,14H,4-5,8-10H2,1-3H3. The number of hydrogen-bond donors (Lipinski definition) is 1. The van der Waals surface area contributed by atoms with Crippen molar-refractivity contribution in [1.29, 1.82) is 0 Å². The Morgan fingerprint density at radius 3 is 2.68 bits per heavy atom. The Labute approximate surface area is 115 Å². The summed E-state index contributed by atoms with van der Waals surface area (Å²) in [5.41, 5.74) is 0.972. The van der Waals surface area contributed by atoms with Gasteiger partial charge in [0.1, 0.15) is 0 Å². The third-order valence-electron chi connectivity index (χ3n) is 3.37. The minimum absolute atomic E-state index is 0.133. The van der Waals surface area contributed by atoms with Crippen LogP contribution in [0.4, 0.5) is 0 Å². The van der Waals surface area contributed by atoms with Crippen molar-refractivity contribution >= 4 is 9.84 Å².